The van der Waals surface area contributed by atoms with E-state index in [-0.39, 0.29) is 12.6 Å². The molecule has 0 saturated heterocycles. The van der Waals surface area contributed by atoms with Gasteiger partial charge in [0.15, 0.2) is 5.82 Å². The van der Waals surface area contributed by atoms with Gasteiger partial charge >= 0.3 is 6.03 Å². The van der Waals surface area contributed by atoms with E-state index in [9.17, 15) is 4.79 Å². The molecule has 0 aliphatic heterocycles. The first-order valence-corrected chi connectivity index (χ1v) is 12.3. The van der Waals surface area contributed by atoms with E-state index in [2.05, 4.69) is 49.8 Å². The van der Waals surface area contributed by atoms with E-state index in [0.717, 1.165) is 23.9 Å². The summed E-state index contributed by atoms with van der Waals surface area (Å²) < 4.78 is 0. The topological polar surface area (TPSA) is 115 Å². The van der Waals surface area contributed by atoms with E-state index in [1.807, 2.05) is 38.1 Å². The zero-order valence-corrected chi connectivity index (χ0v) is 23.4. The average Bonchev–Trinajstić information content (AvgIpc) is 2.96. The van der Waals surface area contributed by atoms with Crippen molar-refractivity contribution in [3.05, 3.63) is 75.9 Å². The van der Waals surface area contributed by atoms with Gasteiger partial charge in [-0.1, -0.05) is 53.4 Å². The highest BCUT2D eigenvalue weighted by Crippen LogP contribution is 2.28. The van der Waals surface area contributed by atoms with Crippen LogP contribution in [0.15, 0.2) is 59.8 Å². The van der Waals surface area contributed by atoms with Gasteiger partial charge in [0.1, 0.15) is 6.04 Å². The molecule has 3 rings (SSSR count). The van der Waals surface area contributed by atoms with E-state index in [1.54, 1.807) is 41.7 Å². The van der Waals surface area contributed by atoms with Crippen molar-refractivity contribution in [3.63, 3.8) is 0 Å². The van der Waals surface area contributed by atoms with Crippen molar-refractivity contribution in [3.8, 4) is 25.2 Å². The summed E-state index contributed by atoms with van der Waals surface area (Å²) in [6, 6.07) is 13.8. The number of hydrazone groups is 1. The van der Waals surface area contributed by atoms with E-state index in [1.165, 1.54) is 0 Å². The largest absolute Gasteiger partial charge is 0.400 e. The van der Waals surface area contributed by atoms with Gasteiger partial charge in [0.05, 0.1) is 17.3 Å². The van der Waals surface area contributed by atoms with Crippen LogP contribution in [0.3, 0.4) is 0 Å². The van der Waals surface area contributed by atoms with Gasteiger partial charge in [-0.3, -0.25) is 0 Å². The van der Waals surface area contributed by atoms with Crippen LogP contribution in [0.2, 0.25) is 10.0 Å². The number of benzene rings is 2. The maximum absolute atomic E-state index is 12.1. The van der Waals surface area contributed by atoms with Crippen molar-refractivity contribution in [2.24, 2.45) is 5.10 Å². The number of anilines is 3. The molecule has 3 aromatic rings. The number of terminal acetylenes is 2. The Morgan fingerprint density at radius 1 is 1.18 bits per heavy atom. The van der Waals surface area contributed by atoms with Crippen molar-refractivity contribution >= 4 is 52.9 Å². The Morgan fingerprint density at radius 3 is 2.56 bits per heavy atom. The van der Waals surface area contributed by atoms with E-state index in [4.69, 9.17) is 34.7 Å². The lowest BCUT2D eigenvalue weighted by Gasteiger charge is -2.22. The van der Waals surface area contributed by atoms with Crippen molar-refractivity contribution in [1.82, 2.24) is 20.6 Å². The van der Waals surface area contributed by atoms with Crippen LogP contribution in [0.4, 0.5) is 22.2 Å². The Labute approximate surface area is 239 Å². The van der Waals surface area contributed by atoms with Crippen molar-refractivity contribution in [1.29, 1.82) is 0 Å². The monoisotopic (exact) mass is 567 g/mol. The predicted octanol–water partition coefficient (Wildman–Crippen LogP) is 5.01. The number of amides is 2. The lowest BCUT2D eigenvalue weighted by molar-refractivity contribution is 0.242. The summed E-state index contributed by atoms with van der Waals surface area (Å²) in [7, 11) is 1.00. The molecule has 11 heteroatoms. The van der Waals surface area contributed by atoms with Gasteiger partial charge in [-0.2, -0.15) is 10.1 Å². The number of urea groups is 1. The van der Waals surface area contributed by atoms with Gasteiger partial charge in [-0.15, -0.1) is 19.3 Å². The van der Waals surface area contributed by atoms with Crippen LogP contribution < -0.4 is 21.0 Å². The van der Waals surface area contributed by atoms with E-state index >= 15 is 0 Å². The summed E-state index contributed by atoms with van der Waals surface area (Å²) in [5.41, 5.74) is 2.58. The molecule has 9 nitrogen and oxygen atoms in total. The molecule has 39 heavy (non-hydrogen) atoms. The average molecular weight is 569 g/mol. The molecule has 0 aliphatic carbocycles. The van der Waals surface area contributed by atoms with Crippen LogP contribution in [0.5, 0.6) is 0 Å². The van der Waals surface area contributed by atoms with Crippen molar-refractivity contribution in [2.75, 3.05) is 24.0 Å². The molecule has 0 spiro atoms. The third-order valence-electron chi connectivity index (χ3n) is 4.84. The number of hydrogen-bond donors (Lipinski definition) is 4. The van der Waals surface area contributed by atoms with Crippen LogP contribution >= 0.6 is 23.2 Å². The Kier molecular flexibility index (Phi) is 15.2. The second-order valence-corrected chi connectivity index (χ2v) is 8.32. The van der Waals surface area contributed by atoms with Gasteiger partial charge in [0.2, 0.25) is 5.95 Å². The second kappa shape index (κ2) is 18.1. The Morgan fingerprint density at radius 2 is 1.90 bits per heavy atom. The quantitative estimate of drug-likeness (QED) is 0.164. The molecule has 4 N–H and O–H groups in total. The first-order valence-electron chi connectivity index (χ1n) is 11.5. The lowest BCUT2D eigenvalue weighted by Crippen LogP contribution is -2.36. The maximum atomic E-state index is 12.1. The minimum absolute atomic E-state index is 0.185. The SMILES string of the molecule is C#C.C#CC(C)N(/N=C\CNC(=O)NCc1cccc(Cl)c1)c1ccnc(Nc2c(C)cccc2Cl)n1.CO. The van der Waals surface area contributed by atoms with Crippen LogP contribution in [-0.4, -0.2) is 47.0 Å². The molecular weight excluding hydrogens is 537 g/mol. The van der Waals surface area contributed by atoms with Crippen molar-refractivity contribution in [2.45, 2.75) is 26.4 Å². The third-order valence-corrected chi connectivity index (χ3v) is 5.39. The number of nitrogens with zero attached hydrogens (tertiary/aromatic N) is 4. The van der Waals surface area contributed by atoms with Crippen LogP contribution in [0.25, 0.3) is 0 Å². The van der Waals surface area contributed by atoms with Gasteiger partial charge in [-0.25, -0.2) is 14.8 Å². The molecule has 1 unspecified atom stereocenters. The number of nitrogens with one attached hydrogen (secondary N) is 3. The molecule has 1 aromatic heterocycles. The summed E-state index contributed by atoms with van der Waals surface area (Å²) in [6.45, 7) is 4.29. The molecular formula is C28H31Cl2N7O2. The fourth-order valence-corrected chi connectivity index (χ4v) is 3.51. The second-order valence-electron chi connectivity index (χ2n) is 7.47. The molecule has 204 valence electrons. The summed E-state index contributed by atoms with van der Waals surface area (Å²) in [4.78, 5) is 20.9. The Hall–Kier alpha value is -4.28. The van der Waals surface area contributed by atoms with Crippen LogP contribution in [-0.2, 0) is 6.54 Å². The fraction of sp³-hybridized carbons (Fsp3) is 0.214. The number of carbonyl (C=O) groups is 1. The van der Waals surface area contributed by atoms with Crippen molar-refractivity contribution < 1.29 is 9.90 Å². The Balaban J connectivity index is 0.00000181. The molecule has 0 aliphatic rings. The third kappa shape index (κ3) is 10.9. The number of carbonyl (C=O) groups excluding carboxylic acids is 1. The van der Waals surface area contributed by atoms with Gasteiger partial charge in [0, 0.05) is 37.2 Å². The molecule has 1 atom stereocenters. The van der Waals surface area contributed by atoms with E-state index in [0.29, 0.717) is 28.4 Å². The smallest absolute Gasteiger partial charge is 0.315 e. The normalized spacial score (nSPS) is 10.5. The Bertz CT molecular complexity index is 1270. The molecule has 2 amide bonds. The highest BCUT2D eigenvalue weighted by Gasteiger charge is 2.14. The molecule has 0 bridgehead atoms. The number of aliphatic hydroxyl groups is 1. The number of halogens is 2. The van der Waals surface area contributed by atoms with Gasteiger partial charge in [0.25, 0.3) is 0 Å². The zero-order valence-electron chi connectivity index (χ0n) is 21.9. The molecule has 0 saturated carbocycles. The number of aryl methyl sites for hydroxylation is 1. The summed E-state index contributed by atoms with van der Waals surface area (Å²) >= 11 is 12.3. The molecule has 0 fully saturated rings. The van der Waals surface area contributed by atoms with Crippen LogP contribution in [0.1, 0.15) is 18.1 Å². The predicted molar refractivity (Wildman–Crippen MR) is 160 cm³/mol. The number of aromatic nitrogens is 2. The molecule has 0 radical (unpaired) electrons. The standard InChI is InChI=1S/C25H25Cl2N7O.C2H2.CH4O/c1-4-18(3)34(31-14-13-29-25(35)30-16-19-8-6-9-20(26)15-19)22-11-12-28-24(32-22)33-23-17(2)7-5-10-21(23)27;2*1-2/h1,5-12,14-15,18H,13,16H2,2-3H3,(H,28,32,33)(H2,29,30,35);1-2H;2H,1H3/b31-14-;;. The highest BCUT2D eigenvalue weighted by atomic mass is 35.5. The molecule has 2 aromatic carbocycles. The van der Waals surface area contributed by atoms with E-state index < -0.39 is 6.04 Å². The minimum Gasteiger partial charge on any atom is -0.400 e. The highest BCUT2D eigenvalue weighted by molar-refractivity contribution is 6.33. The summed E-state index contributed by atoms with van der Waals surface area (Å²) in [5.74, 6) is 3.48. The maximum Gasteiger partial charge on any atom is 0.315 e. The zero-order chi connectivity index (χ0) is 29.2. The van der Waals surface area contributed by atoms with Gasteiger partial charge < -0.3 is 21.1 Å². The number of para-hydroxylation sites is 1. The summed E-state index contributed by atoms with van der Waals surface area (Å²) in [6.07, 6.45) is 16.8. The molecule has 1 heterocycles. The fourth-order valence-electron chi connectivity index (χ4n) is 3.03. The number of aliphatic hydroxyl groups excluding tert-OH is 1. The van der Waals surface area contributed by atoms with Crippen LogP contribution in [0, 0.1) is 32.1 Å². The van der Waals surface area contributed by atoms with Gasteiger partial charge in [-0.05, 0) is 43.2 Å². The number of rotatable bonds is 9. The summed E-state index contributed by atoms with van der Waals surface area (Å²) in [5, 5.41) is 22.8. The lowest BCUT2D eigenvalue weighted by atomic mass is 10.2. The first-order chi connectivity index (χ1) is 18.9. The first kappa shape index (κ1) is 32.7. The number of hydrogen-bond acceptors (Lipinski definition) is 7. The minimum atomic E-state index is -0.396.